The third-order valence-corrected chi connectivity index (χ3v) is 3.58. The van der Waals surface area contributed by atoms with Gasteiger partial charge in [0.15, 0.2) is 0 Å². The first-order valence-corrected chi connectivity index (χ1v) is 5.80. The maximum Gasteiger partial charge on any atom is 0.0595 e. The van der Waals surface area contributed by atoms with E-state index in [1.165, 1.54) is 5.56 Å². The van der Waals surface area contributed by atoms with E-state index in [-0.39, 0.29) is 0 Å². The molecule has 0 saturated carbocycles. The molecule has 0 amide bonds. The summed E-state index contributed by atoms with van der Waals surface area (Å²) in [5.74, 6) is 0. The van der Waals surface area contributed by atoms with Crippen LogP contribution in [0.15, 0.2) is 18.2 Å². The normalized spacial score (nSPS) is 23.0. The molecule has 1 aromatic carbocycles. The van der Waals surface area contributed by atoms with Crippen molar-refractivity contribution in [2.75, 3.05) is 26.7 Å². The minimum absolute atomic E-state index is 0.397. The van der Waals surface area contributed by atoms with E-state index in [1.54, 1.807) is 0 Å². The Morgan fingerprint density at radius 2 is 2.13 bits per heavy atom. The van der Waals surface area contributed by atoms with Crippen LogP contribution in [0, 0.1) is 0 Å². The molecule has 1 heterocycles. The molecule has 1 atom stereocenters. The summed E-state index contributed by atoms with van der Waals surface area (Å²) in [6.45, 7) is 3.08. The molecule has 0 spiro atoms. The van der Waals surface area contributed by atoms with E-state index in [2.05, 4.69) is 17.3 Å². The molecule has 15 heavy (non-hydrogen) atoms. The fourth-order valence-corrected chi connectivity index (χ4v) is 2.20. The molecule has 1 aliphatic rings. The zero-order valence-electron chi connectivity index (χ0n) is 8.63. The number of nitrogens with one attached hydrogen (secondary N) is 1. The highest BCUT2D eigenvalue weighted by atomic mass is 35.5. The van der Waals surface area contributed by atoms with Crippen molar-refractivity contribution in [3.63, 3.8) is 0 Å². The molecular weight excluding hydrogens is 231 g/mol. The van der Waals surface area contributed by atoms with Crippen molar-refractivity contribution in [2.24, 2.45) is 0 Å². The van der Waals surface area contributed by atoms with Crippen LogP contribution in [-0.4, -0.2) is 31.6 Å². The lowest BCUT2D eigenvalue weighted by Crippen LogP contribution is -2.43. The maximum absolute atomic E-state index is 6.01. The van der Waals surface area contributed by atoms with Gasteiger partial charge in [-0.3, -0.25) is 4.90 Å². The van der Waals surface area contributed by atoms with Gasteiger partial charge in [0.1, 0.15) is 0 Å². The van der Waals surface area contributed by atoms with Crippen LogP contribution in [0.1, 0.15) is 11.6 Å². The molecule has 1 aromatic rings. The van der Waals surface area contributed by atoms with E-state index in [0.29, 0.717) is 16.1 Å². The number of halogens is 2. The third kappa shape index (κ3) is 2.45. The Morgan fingerprint density at radius 3 is 2.80 bits per heavy atom. The largest absolute Gasteiger partial charge is 0.314 e. The van der Waals surface area contributed by atoms with Gasteiger partial charge in [0.25, 0.3) is 0 Å². The minimum atomic E-state index is 0.397. The van der Waals surface area contributed by atoms with Gasteiger partial charge in [-0.2, -0.15) is 0 Å². The van der Waals surface area contributed by atoms with Crippen molar-refractivity contribution in [1.82, 2.24) is 10.2 Å². The van der Waals surface area contributed by atoms with Gasteiger partial charge in [-0.15, -0.1) is 0 Å². The predicted octanol–water partition coefficient (Wildman–Crippen LogP) is 2.57. The number of rotatable bonds is 1. The van der Waals surface area contributed by atoms with Gasteiger partial charge in [0, 0.05) is 25.7 Å². The lowest BCUT2D eigenvalue weighted by molar-refractivity contribution is 0.202. The SMILES string of the molecule is CN1CCNC[C@H]1c1ccc(Cl)c(Cl)c1. The van der Waals surface area contributed by atoms with Crippen LogP contribution in [-0.2, 0) is 0 Å². The van der Waals surface area contributed by atoms with Crippen molar-refractivity contribution in [1.29, 1.82) is 0 Å². The first-order chi connectivity index (χ1) is 7.18. The Hall–Kier alpha value is -0.280. The average molecular weight is 245 g/mol. The highest BCUT2D eigenvalue weighted by Gasteiger charge is 2.20. The van der Waals surface area contributed by atoms with Crippen molar-refractivity contribution < 1.29 is 0 Å². The molecule has 1 fully saturated rings. The molecule has 0 bridgehead atoms. The van der Waals surface area contributed by atoms with Gasteiger partial charge in [-0.25, -0.2) is 0 Å². The molecular formula is C11H14Cl2N2. The molecule has 4 heteroatoms. The Bertz CT molecular complexity index is 354. The fraction of sp³-hybridized carbons (Fsp3) is 0.455. The molecule has 1 aliphatic heterocycles. The van der Waals surface area contributed by atoms with Gasteiger partial charge in [-0.05, 0) is 24.7 Å². The van der Waals surface area contributed by atoms with E-state index in [0.717, 1.165) is 19.6 Å². The van der Waals surface area contributed by atoms with Crippen LogP contribution in [0.25, 0.3) is 0 Å². The third-order valence-electron chi connectivity index (χ3n) is 2.84. The number of piperazine rings is 1. The van der Waals surface area contributed by atoms with Crippen LogP contribution in [0.3, 0.4) is 0 Å². The van der Waals surface area contributed by atoms with Crippen LogP contribution in [0.5, 0.6) is 0 Å². The second-order valence-electron chi connectivity index (χ2n) is 3.87. The molecule has 0 radical (unpaired) electrons. The lowest BCUT2D eigenvalue weighted by atomic mass is 10.0. The van der Waals surface area contributed by atoms with Crippen LogP contribution >= 0.6 is 23.2 Å². The Kier molecular flexibility index (Phi) is 3.52. The Balaban J connectivity index is 2.24. The zero-order valence-corrected chi connectivity index (χ0v) is 10.1. The topological polar surface area (TPSA) is 15.3 Å². The molecule has 0 aromatic heterocycles. The number of nitrogens with zero attached hydrogens (tertiary/aromatic N) is 1. The lowest BCUT2D eigenvalue weighted by Gasteiger charge is -2.33. The number of likely N-dealkylation sites (N-methyl/N-ethyl adjacent to an activating group) is 1. The molecule has 1 saturated heterocycles. The second-order valence-corrected chi connectivity index (χ2v) is 4.69. The Morgan fingerprint density at radius 1 is 1.33 bits per heavy atom. The first-order valence-electron chi connectivity index (χ1n) is 5.04. The summed E-state index contributed by atoms with van der Waals surface area (Å²) in [5.41, 5.74) is 1.22. The van der Waals surface area contributed by atoms with Crippen LogP contribution < -0.4 is 5.32 Å². The summed E-state index contributed by atoms with van der Waals surface area (Å²) in [5, 5.41) is 4.63. The van der Waals surface area contributed by atoms with Gasteiger partial charge < -0.3 is 5.32 Å². The van der Waals surface area contributed by atoms with Gasteiger partial charge >= 0.3 is 0 Å². The summed E-state index contributed by atoms with van der Waals surface area (Å²) in [6, 6.07) is 6.26. The Labute approximate surface area is 100 Å². The van der Waals surface area contributed by atoms with E-state index in [4.69, 9.17) is 23.2 Å². The van der Waals surface area contributed by atoms with E-state index in [1.807, 2.05) is 18.2 Å². The van der Waals surface area contributed by atoms with Crippen molar-refractivity contribution in [2.45, 2.75) is 6.04 Å². The van der Waals surface area contributed by atoms with Gasteiger partial charge in [0.2, 0.25) is 0 Å². The van der Waals surface area contributed by atoms with Crippen molar-refractivity contribution >= 4 is 23.2 Å². The van der Waals surface area contributed by atoms with Crippen LogP contribution in [0.2, 0.25) is 10.0 Å². The summed E-state index contributed by atoms with van der Waals surface area (Å²) in [4.78, 5) is 2.33. The summed E-state index contributed by atoms with van der Waals surface area (Å²) in [6.07, 6.45) is 0. The predicted molar refractivity (Wildman–Crippen MR) is 64.7 cm³/mol. The highest BCUT2D eigenvalue weighted by Crippen LogP contribution is 2.28. The summed E-state index contributed by atoms with van der Waals surface area (Å²) in [7, 11) is 2.13. The molecule has 82 valence electrons. The first kappa shape index (κ1) is 11.2. The monoisotopic (exact) mass is 244 g/mol. The fourth-order valence-electron chi connectivity index (χ4n) is 1.90. The molecule has 2 nitrogen and oxygen atoms in total. The van der Waals surface area contributed by atoms with E-state index in [9.17, 15) is 0 Å². The molecule has 0 aliphatic carbocycles. The quantitative estimate of drug-likeness (QED) is 0.818. The number of hydrogen-bond acceptors (Lipinski definition) is 2. The molecule has 0 unspecified atom stereocenters. The van der Waals surface area contributed by atoms with E-state index < -0.39 is 0 Å². The summed E-state index contributed by atoms with van der Waals surface area (Å²) < 4.78 is 0. The highest BCUT2D eigenvalue weighted by molar-refractivity contribution is 6.42. The van der Waals surface area contributed by atoms with Gasteiger partial charge in [0.05, 0.1) is 10.0 Å². The average Bonchev–Trinajstić information content (AvgIpc) is 2.23. The maximum atomic E-state index is 6.01. The number of benzene rings is 1. The smallest absolute Gasteiger partial charge is 0.0595 e. The van der Waals surface area contributed by atoms with Gasteiger partial charge in [-0.1, -0.05) is 29.3 Å². The minimum Gasteiger partial charge on any atom is -0.314 e. The molecule has 1 N–H and O–H groups in total. The standard InChI is InChI=1S/C11H14Cl2N2/c1-15-5-4-14-7-11(15)8-2-3-9(12)10(13)6-8/h2-3,6,11,14H,4-5,7H2,1H3/t11-/m0/s1. The summed E-state index contributed by atoms with van der Waals surface area (Å²) >= 11 is 11.9. The van der Waals surface area contributed by atoms with Crippen molar-refractivity contribution in [3.8, 4) is 0 Å². The second kappa shape index (κ2) is 4.71. The van der Waals surface area contributed by atoms with E-state index >= 15 is 0 Å². The van der Waals surface area contributed by atoms with Crippen molar-refractivity contribution in [3.05, 3.63) is 33.8 Å². The molecule has 2 rings (SSSR count). The zero-order chi connectivity index (χ0) is 10.8. The van der Waals surface area contributed by atoms with Crippen LogP contribution in [0.4, 0.5) is 0 Å². The number of hydrogen-bond donors (Lipinski definition) is 1.